The lowest BCUT2D eigenvalue weighted by molar-refractivity contribution is 0.0342. The standard InChI is InChI=1S/C19H21FN2O2/c1-14-2-7-17(12-18(14)20)21-19(23)16-5-3-15(4-6-16)13-22-8-10-24-11-9-22/h2-7,12H,8-11,13H2,1H3,(H,21,23). The van der Waals surface area contributed by atoms with Crippen molar-refractivity contribution in [2.24, 2.45) is 0 Å². The summed E-state index contributed by atoms with van der Waals surface area (Å²) in [5.74, 6) is -0.565. The van der Waals surface area contributed by atoms with Gasteiger partial charge in [-0.1, -0.05) is 18.2 Å². The highest BCUT2D eigenvalue weighted by atomic mass is 19.1. The Morgan fingerprint density at radius 1 is 1.17 bits per heavy atom. The van der Waals surface area contributed by atoms with Crippen molar-refractivity contribution in [3.8, 4) is 0 Å². The second-order valence-corrected chi connectivity index (χ2v) is 6.00. The monoisotopic (exact) mass is 328 g/mol. The number of carbonyl (C=O) groups is 1. The summed E-state index contributed by atoms with van der Waals surface area (Å²) in [5, 5.41) is 2.72. The Balaban J connectivity index is 1.61. The molecule has 0 bridgehead atoms. The average molecular weight is 328 g/mol. The van der Waals surface area contributed by atoms with Gasteiger partial charge in [0, 0.05) is 30.9 Å². The summed E-state index contributed by atoms with van der Waals surface area (Å²) in [6.07, 6.45) is 0. The van der Waals surface area contributed by atoms with Crippen molar-refractivity contribution >= 4 is 11.6 Å². The van der Waals surface area contributed by atoms with Crippen LogP contribution in [0.1, 0.15) is 21.5 Å². The number of hydrogen-bond acceptors (Lipinski definition) is 3. The number of anilines is 1. The van der Waals surface area contributed by atoms with E-state index in [1.54, 1.807) is 31.2 Å². The van der Waals surface area contributed by atoms with Crippen LogP contribution in [0.3, 0.4) is 0 Å². The summed E-state index contributed by atoms with van der Waals surface area (Å²) in [7, 11) is 0. The van der Waals surface area contributed by atoms with Crippen LogP contribution >= 0.6 is 0 Å². The van der Waals surface area contributed by atoms with E-state index >= 15 is 0 Å². The van der Waals surface area contributed by atoms with Crippen molar-refractivity contribution in [1.82, 2.24) is 4.90 Å². The van der Waals surface area contributed by atoms with Gasteiger partial charge in [0.2, 0.25) is 0 Å². The molecule has 1 aliphatic rings. The fourth-order valence-corrected chi connectivity index (χ4v) is 2.65. The molecule has 1 amide bonds. The van der Waals surface area contributed by atoms with Gasteiger partial charge in [0.05, 0.1) is 13.2 Å². The minimum Gasteiger partial charge on any atom is -0.379 e. The molecule has 0 aliphatic carbocycles. The third kappa shape index (κ3) is 4.19. The smallest absolute Gasteiger partial charge is 0.255 e. The molecule has 24 heavy (non-hydrogen) atoms. The number of aryl methyl sites for hydroxylation is 1. The number of ether oxygens (including phenoxy) is 1. The molecular formula is C19H21FN2O2. The first-order valence-corrected chi connectivity index (χ1v) is 8.08. The Bertz CT molecular complexity index is 710. The van der Waals surface area contributed by atoms with Gasteiger partial charge < -0.3 is 10.1 Å². The molecule has 0 atom stereocenters. The SMILES string of the molecule is Cc1ccc(NC(=O)c2ccc(CN3CCOCC3)cc2)cc1F. The molecule has 1 N–H and O–H groups in total. The summed E-state index contributed by atoms with van der Waals surface area (Å²) in [4.78, 5) is 14.6. The number of amides is 1. The lowest BCUT2D eigenvalue weighted by Gasteiger charge is -2.26. The molecule has 126 valence electrons. The first-order chi connectivity index (χ1) is 11.6. The molecule has 3 rings (SSSR count). The van der Waals surface area contributed by atoms with Gasteiger partial charge >= 0.3 is 0 Å². The molecule has 0 spiro atoms. The average Bonchev–Trinajstić information content (AvgIpc) is 2.60. The molecule has 1 heterocycles. The molecular weight excluding hydrogens is 307 g/mol. The predicted molar refractivity (Wildman–Crippen MR) is 91.6 cm³/mol. The lowest BCUT2D eigenvalue weighted by Crippen LogP contribution is -2.35. The van der Waals surface area contributed by atoms with Crippen LogP contribution in [0.25, 0.3) is 0 Å². The molecule has 2 aromatic rings. The minimum absolute atomic E-state index is 0.240. The summed E-state index contributed by atoms with van der Waals surface area (Å²) in [6.45, 7) is 5.95. The summed E-state index contributed by atoms with van der Waals surface area (Å²) in [6, 6.07) is 12.2. The lowest BCUT2D eigenvalue weighted by atomic mass is 10.1. The normalized spacial score (nSPS) is 15.2. The van der Waals surface area contributed by atoms with E-state index in [1.807, 2.05) is 12.1 Å². The third-order valence-electron chi connectivity index (χ3n) is 4.16. The fourth-order valence-electron chi connectivity index (χ4n) is 2.65. The molecule has 1 fully saturated rings. The maximum absolute atomic E-state index is 13.5. The first kappa shape index (κ1) is 16.6. The van der Waals surface area contributed by atoms with E-state index in [4.69, 9.17) is 4.74 Å². The Labute approximate surface area is 141 Å². The third-order valence-corrected chi connectivity index (χ3v) is 4.16. The Morgan fingerprint density at radius 3 is 2.54 bits per heavy atom. The van der Waals surface area contributed by atoms with Gasteiger partial charge in [-0.15, -0.1) is 0 Å². The largest absolute Gasteiger partial charge is 0.379 e. The van der Waals surface area contributed by atoms with E-state index in [0.29, 0.717) is 16.8 Å². The van der Waals surface area contributed by atoms with Gasteiger partial charge in [0.1, 0.15) is 5.82 Å². The highest BCUT2D eigenvalue weighted by Gasteiger charge is 2.12. The Morgan fingerprint density at radius 2 is 1.88 bits per heavy atom. The number of hydrogen-bond donors (Lipinski definition) is 1. The quantitative estimate of drug-likeness (QED) is 0.937. The predicted octanol–water partition coefficient (Wildman–Crippen LogP) is 3.22. The van der Waals surface area contributed by atoms with Crippen LogP contribution < -0.4 is 5.32 Å². The second kappa shape index (κ2) is 7.55. The Kier molecular flexibility index (Phi) is 5.23. The maximum Gasteiger partial charge on any atom is 0.255 e. The number of nitrogens with zero attached hydrogens (tertiary/aromatic N) is 1. The van der Waals surface area contributed by atoms with Crippen molar-refractivity contribution in [3.05, 3.63) is 65.0 Å². The molecule has 5 heteroatoms. The number of nitrogens with one attached hydrogen (secondary N) is 1. The van der Waals surface area contributed by atoms with Crippen molar-refractivity contribution < 1.29 is 13.9 Å². The van der Waals surface area contributed by atoms with E-state index in [0.717, 1.165) is 38.4 Å². The topological polar surface area (TPSA) is 41.6 Å². The number of rotatable bonds is 4. The van der Waals surface area contributed by atoms with Gasteiger partial charge in [0.25, 0.3) is 5.91 Å². The van der Waals surface area contributed by atoms with E-state index in [1.165, 1.54) is 6.07 Å². The summed E-state index contributed by atoms with van der Waals surface area (Å²) in [5.41, 5.74) is 2.73. The maximum atomic E-state index is 13.5. The molecule has 1 aliphatic heterocycles. The Hall–Kier alpha value is -2.24. The number of halogens is 1. The van der Waals surface area contributed by atoms with Crippen molar-refractivity contribution in [2.75, 3.05) is 31.6 Å². The van der Waals surface area contributed by atoms with Crippen LogP contribution in [0, 0.1) is 12.7 Å². The zero-order valence-electron chi connectivity index (χ0n) is 13.7. The van der Waals surface area contributed by atoms with Crippen LogP contribution in [0.2, 0.25) is 0 Å². The summed E-state index contributed by atoms with van der Waals surface area (Å²) < 4.78 is 18.9. The fraction of sp³-hybridized carbons (Fsp3) is 0.316. The van der Waals surface area contributed by atoms with Gasteiger partial charge in [-0.2, -0.15) is 0 Å². The molecule has 0 unspecified atom stereocenters. The van der Waals surface area contributed by atoms with Gasteiger partial charge in [-0.05, 0) is 42.3 Å². The van der Waals surface area contributed by atoms with Crippen molar-refractivity contribution in [2.45, 2.75) is 13.5 Å². The minimum atomic E-state index is -0.325. The highest BCUT2D eigenvalue weighted by Crippen LogP contribution is 2.15. The van der Waals surface area contributed by atoms with Crippen LogP contribution in [0.4, 0.5) is 10.1 Å². The zero-order valence-corrected chi connectivity index (χ0v) is 13.7. The van der Waals surface area contributed by atoms with Crippen LogP contribution in [-0.2, 0) is 11.3 Å². The van der Waals surface area contributed by atoms with E-state index in [2.05, 4.69) is 10.2 Å². The van der Waals surface area contributed by atoms with E-state index in [-0.39, 0.29) is 11.7 Å². The number of carbonyl (C=O) groups excluding carboxylic acids is 1. The van der Waals surface area contributed by atoms with E-state index < -0.39 is 0 Å². The van der Waals surface area contributed by atoms with Gasteiger partial charge in [-0.25, -0.2) is 4.39 Å². The summed E-state index contributed by atoms with van der Waals surface area (Å²) >= 11 is 0. The highest BCUT2D eigenvalue weighted by molar-refractivity contribution is 6.04. The molecule has 1 saturated heterocycles. The molecule has 4 nitrogen and oxygen atoms in total. The van der Waals surface area contributed by atoms with Gasteiger partial charge in [0.15, 0.2) is 0 Å². The number of benzene rings is 2. The van der Waals surface area contributed by atoms with E-state index in [9.17, 15) is 9.18 Å². The van der Waals surface area contributed by atoms with Gasteiger partial charge in [-0.3, -0.25) is 9.69 Å². The van der Waals surface area contributed by atoms with Crippen LogP contribution in [-0.4, -0.2) is 37.1 Å². The first-order valence-electron chi connectivity index (χ1n) is 8.08. The molecule has 0 saturated carbocycles. The van der Waals surface area contributed by atoms with Crippen LogP contribution in [0.15, 0.2) is 42.5 Å². The number of morpholine rings is 1. The zero-order chi connectivity index (χ0) is 16.9. The molecule has 2 aromatic carbocycles. The molecule has 0 aromatic heterocycles. The second-order valence-electron chi connectivity index (χ2n) is 6.00. The van der Waals surface area contributed by atoms with Crippen molar-refractivity contribution in [1.29, 1.82) is 0 Å². The molecule has 0 radical (unpaired) electrons. The van der Waals surface area contributed by atoms with Crippen molar-refractivity contribution in [3.63, 3.8) is 0 Å². The van der Waals surface area contributed by atoms with Crippen LogP contribution in [0.5, 0.6) is 0 Å².